The Morgan fingerprint density at radius 2 is 2.19 bits per heavy atom. The molecule has 0 atom stereocenters. The number of rotatable bonds is 4. The van der Waals surface area contributed by atoms with Gasteiger partial charge in [0.25, 0.3) is 0 Å². The van der Waals surface area contributed by atoms with Gasteiger partial charge in [-0.15, -0.1) is 0 Å². The molecule has 0 bridgehead atoms. The first kappa shape index (κ1) is 11.4. The second-order valence-corrected chi connectivity index (χ2v) is 4.64. The molecule has 1 saturated heterocycles. The van der Waals surface area contributed by atoms with E-state index < -0.39 is 0 Å². The number of hydrogen-bond donors (Lipinski definition) is 0. The zero-order valence-corrected chi connectivity index (χ0v) is 10.1. The zero-order chi connectivity index (χ0) is 11.2. The Kier molecular flexibility index (Phi) is 4.14. The highest BCUT2D eigenvalue weighted by Gasteiger charge is 2.19. The zero-order valence-electron chi connectivity index (χ0n) is 10.1. The highest BCUT2D eigenvalue weighted by molar-refractivity contribution is 5.36. The maximum absolute atomic E-state index is 4.30. The minimum atomic E-state index is 0.943. The van der Waals surface area contributed by atoms with Crippen LogP contribution in [0, 0.1) is 5.92 Å². The summed E-state index contributed by atoms with van der Waals surface area (Å²) in [4.78, 5) is 10.6. The van der Waals surface area contributed by atoms with E-state index in [1.165, 1.54) is 32.1 Å². The lowest BCUT2D eigenvalue weighted by molar-refractivity contribution is 0.370. The average Bonchev–Trinajstić information content (AvgIpc) is 2.38. The van der Waals surface area contributed by atoms with Crippen LogP contribution in [0.5, 0.6) is 0 Å². The molecule has 88 valence electrons. The van der Waals surface area contributed by atoms with Gasteiger partial charge in [-0.3, -0.25) is 0 Å². The minimum absolute atomic E-state index is 0.943. The van der Waals surface area contributed by atoms with Crippen molar-refractivity contribution in [3.05, 3.63) is 18.6 Å². The monoisotopic (exact) mass is 219 g/mol. The number of nitrogens with zero attached hydrogens (tertiary/aromatic N) is 3. The molecule has 3 nitrogen and oxygen atoms in total. The van der Waals surface area contributed by atoms with Crippen LogP contribution in [-0.2, 0) is 0 Å². The van der Waals surface area contributed by atoms with Crippen molar-refractivity contribution in [1.29, 1.82) is 0 Å². The molecule has 16 heavy (non-hydrogen) atoms. The minimum Gasteiger partial charge on any atom is -0.357 e. The summed E-state index contributed by atoms with van der Waals surface area (Å²) in [6.07, 6.45) is 10.2. The largest absolute Gasteiger partial charge is 0.357 e. The Balaban J connectivity index is 1.81. The van der Waals surface area contributed by atoms with Crippen LogP contribution in [0.1, 0.15) is 39.0 Å². The quantitative estimate of drug-likeness (QED) is 0.779. The van der Waals surface area contributed by atoms with E-state index in [0.29, 0.717) is 0 Å². The number of aromatic nitrogens is 2. The van der Waals surface area contributed by atoms with E-state index in [4.69, 9.17) is 0 Å². The summed E-state index contributed by atoms with van der Waals surface area (Å²) in [5.41, 5.74) is 0. The first-order valence-corrected chi connectivity index (χ1v) is 6.41. The van der Waals surface area contributed by atoms with E-state index in [1.807, 2.05) is 12.3 Å². The number of anilines is 1. The molecule has 1 aromatic heterocycles. The van der Waals surface area contributed by atoms with Gasteiger partial charge in [-0.2, -0.15) is 0 Å². The van der Waals surface area contributed by atoms with Crippen LogP contribution in [0.2, 0.25) is 0 Å². The third kappa shape index (κ3) is 2.94. The highest BCUT2D eigenvalue weighted by Crippen LogP contribution is 2.24. The lowest BCUT2D eigenvalue weighted by Gasteiger charge is -2.32. The first-order valence-electron chi connectivity index (χ1n) is 6.41. The number of piperidine rings is 1. The molecule has 0 unspecified atom stereocenters. The lowest BCUT2D eigenvalue weighted by Crippen LogP contribution is -2.34. The van der Waals surface area contributed by atoms with Gasteiger partial charge < -0.3 is 4.90 Å². The van der Waals surface area contributed by atoms with E-state index in [-0.39, 0.29) is 0 Å². The molecule has 0 saturated carbocycles. The Labute approximate surface area is 97.9 Å². The fourth-order valence-electron chi connectivity index (χ4n) is 2.41. The van der Waals surface area contributed by atoms with E-state index >= 15 is 0 Å². The van der Waals surface area contributed by atoms with Gasteiger partial charge in [-0.25, -0.2) is 9.97 Å². The van der Waals surface area contributed by atoms with Crippen LogP contribution in [0.25, 0.3) is 0 Å². The molecule has 3 heteroatoms. The lowest BCUT2D eigenvalue weighted by atomic mass is 9.92. The van der Waals surface area contributed by atoms with Crippen molar-refractivity contribution in [2.24, 2.45) is 5.92 Å². The first-order chi connectivity index (χ1) is 7.90. The van der Waals surface area contributed by atoms with E-state index in [0.717, 1.165) is 24.8 Å². The van der Waals surface area contributed by atoms with E-state index in [9.17, 15) is 0 Å². The van der Waals surface area contributed by atoms with Gasteiger partial charge in [0, 0.05) is 19.3 Å². The second-order valence-electron chi connectivity index (χ2n) is 4.64. The summed E-state index contributed by atoms with van der Waals surface area (Å²) in [6, 6.07) is 2.01. The molecule has 0 aliphatic carbocycles. The van der Waals surface area contributed by atoms with Crippen molar-refractivity contribution in [3.63, 3.8) is 0 Å². The van der Waals surface area contributed by atoms with Gasteiger partial charge in [0.2, 0.25) is 0 Å². The smallest absolute Gasteiger partial charge is 0.131 e. The number of unbranched alkanes of at least 4 members (excludes halogenated alkanes) is 1. The molecular weight excluding hydrogens is 198 g/mol. The Morgan fingerprint density at radius 1 is 1.38 bits per heavy atom. The molecule has 2 heterocycles. The van der Waals surface area contributed by atoms with Crippen LogP contribution >= 0.6 is 0 Å². The van der Waals surface area contributed by atoms with Gasteiger partial charge in [0.15, 0.2) is 0 Å². The summed E-state index contributed by atoms with van der Waals surface area (Å²) in [7, 11) is 0. The summed E-state index contributed by atoms with van der Waals surface area (Å²) in [6.45, 7) is 4.59. The molecule has 1 aliphatic heterocycles. The van der Waals surface area contributed by atoms with Crippen molar-refractivity contribution in [3.8, 4) is 0 Å². The van der Waals surface area contributed by atoms with Crippen molar-refractivity contribution >= 4 is 5.82 Å². The fourth-order valence-corrected chi connectivity index (χ4v) is 2.41. The predicted molar refractivity (Wildman–Crippen MR) is 66.5 cm³/mol. The molecular formula is C13H21N3. The second kappa shape index (κ2) is 5.83. The summed E-state index contributed by atoms with van der Waals surface area (Å²) < 4.78 is 0. The Bertz CT molecular complexity index is 291. The van der Waals surface area contributed by atoms with Crippen LogP contribution in [0.15, 0.2) is 18.6 Å². The predicted octanol–water partition coefficient (Wildman–Crippen LogP) is 2.88. The Morgan fingerprint density at radius 3 is 2.81 bits per heavy atom. The molecule has 2 rings (SSSR count). The summed E-state index contributed by atoms with van der Waals surface area (Å²) >= 11 is 0. The van der Waals surface area contributed by atoms with Crippen molar-refractivity contribution in [2.75, 3.05) is 18.0 Å². The van der Waals surface area contributed by atoms with E-state index in [2.05, 4.69) is 21.8 Å². The van der Waals surface area contributed by atoms with Crippen molar-refractivity contribution in [2.45, 2.75) is 39.0 Å². The molecule has 0 N–H and O–H groups in total. The normalized spacial score (nSPS) is 17.7. The fraction of sp³-hybridized carbons (Fsp3) is 0.692. The summed E-state index contributed by atoms with van der Waals surface area (Å²) in [5, 5.41) is 0. The van der Waals surface area contributed by atoms with Gasteiger partial charge >= 0.3 is 0 Å². The van der Waals surface area contributed by atoms with Crippen molar-refractivity contribution < 1.29 is 0 Å². The number of hydrogen-bond acceptors (Lipinski definition) is 3. The Hall–Kier alpha value is -1.12. The van der Waals surface area contributed by atoms with Crippen LogP contribution < -0.4 is 4.90 Å². The third-order valence-corrected chi connectivity index (χ3v) is 3.47. The molecule has 1 fully saturated rings. The van der Waals surface area contributed by atoms with Gasteiger partial charge in [0.1, 0.15) is 12.1 Å². The maximum Gasteiger partial charge on any atom is 0.131 e. The molecule has 0 aromatic carbocycles. The van der Waals surface area contributed by atoms with Crippen LogP contribution in [0.3, 0.4) is 0 Å². The molecule has 0 amide bonds. The van der Waals surface area contributed by atoms with Crippen molar-refractivity contribution in [1.82, 2.24) is 9.97 Å². The highest BCUT2D eigenvalue weighted by atomic mass is 15.2. The van der Waals surface area contributed by atoms with Gasteiger partial charge in [-0.1, -0.05) is 26.2 Å². The van der Waals surface area contributed by atoms with Crippen LogP contribution in [0.4, 0.5) is 5.82 Å². The molecule has 1 aliphatic rings. The standard InChI is InChI=1S/C13H21N3/c1-2-3-4-12-6-9-16(10-7-12)13-5-8-14-11-15-13/h5,8,11-12H,2-4,6-7,9-10H2,1H3. The molecule has 0 spiro atoms. The third-order valence-electron chi connectivity index (χ3n) is 3.47. The SMILES string of the molecule is CCCCC1CCN(c2ccncn2)CC1. The van der Waals surface area contributed by atoms with Crippen LogP contribution in [-0.4, -0.2) is 23.1 Å². The van der Waals surface area contributed by atoms with Gasteiger partial charge in [-0.05, 0) is 24.8 Å². The summed E-state index contributed by atoms with van der Waals surface area (Å²) in [5.74, 6) is 2.03. The molecule has 1 aromatic rings. The topological polar surface area (TPSA) is 29.0 Å². The molecule has 0 radical (unpaired) electrons. The van der Waals surface area contributed by atoms with E-state index in [1.54, 1.807) is 6.33 Å². The maximum atomic E-state index is 4.30. The average molecular weight is 219 g/mol. The van der Waals surface area contributed by atoms with Gasteiger partial charge in [0.05, 0.1) is 0 Å².